The first-order valence-electron chi connectivity index (χ1n) is 7.38. The van der Waals surface area contributed by atoms with E-state index in [2.05, 4.69) is 36.4 Å². The van der Waals surface area contributed by atoms with Gasteiger partial charge in [0.25, 0.3) is 0 Å². The minimum Gasteiger partial charge on any atom is -0.387 e. The summed E-state index contributed by atoms with van der Waals surface area (Å²) in [6, 6.07) is 0. The average molecular weight is 415 g/mol. The number of rotatable bonds is 7. The van der Waals surface area contributed by atoms with E-state index in [9.17, 15) is 5.11 Å². The van der Waals surface area contributed by atoms with Crippen molar-refractivity contribution in [3.63, 3.8) is 0 Å². The van der Waals surface area contributed by atoms with Gasteiger partial charge < -0.3 is 15.7 Å². The zero-order chi connectivity index (χ0) is 14.1. The van der Waals surface area contributed by atoms with Crippen molar-refractivity contribution in [2.45, 2.75) is 45.6 Å². The first-order chi connectivity index (χ1) is 9.06. The Balaban J connectivity index is 0.00000361. The zero-order valence-electron chi connectivity index (χ0n) is 12.9. The summed E-state index contributed by atoms with van der Waals surface area (Å²) in [6.45, 7) is 8.84. The lowest BCUT2D eigenvalue weighted by molar-refractivity contribution is 0.0778. The molecule has 0 aromatic rings. The van der Waals surface area contributed by atoms with Crippen molar-refractivity contribution in [2.24, 2.45) is 10.9 Å². The first kappa shape index (κ1) is 20.3. The Hall–Kier alpha value is 0.310. The molecule has 1 saturated heterocycles. The fraction of sp³-hybridized carbons (Fsp3) is 0.929. The van der Waals surface area contributed by atoms with E-state index in [-0.39, 0.29) is 24.0 Å². The molecular weight excluding hydrogens is 385 g/mol. The van der Waals surface area contributed by atoms with Crippen LogP contribution >= 0.6 is 35.7 Å². The lowest BCUT2D eigenvalue weighted by atomic mass is 10.1. The van der Waals surface area contributed by atoms with Gasteiger partial charge in [0.1, 0.15) is 0 Å². The Bertz CT molecular complexity index is 282. The van der Waals surface area contributed by atoms with Crippen molar-refractivity contribution >= 4 is 41.7 Å². The summed E-state index contributed by atoms with van der Waals surface area (Å²) in [5.41, 5.74) is -0.592. The second-order valence-electron chi connectivity index (χ2n) is 5.68. The number of aliphatic imine (C=N–C) groups is 1. The van der Waals surface area contributed by atoms with Crippen LogP contribution in [0.5, 0.6) is 0 Å². The maximum absolute atomic E-state index is 10.3. The number of nitrogens with one attached hydrogen (secondary N) is 2. The second-order valence-corrected chi connectivity index (χ2v) is 6.79. The van der Waals surface area contributed by atoms with Crippen LogP contribution in [0.3, 0.4) is 0 Å². The predicted molar refractivity (Wildman–Crippen MR) is 100 cm³/mol. The van der Waals surface area contributed by atoms with Gasteiger partial charge in [-0.25, -0.2) is 0 Å². The monoisotopic (exact) mass is 415 g/mol. The van der Waals surface area contributed by atoms with Gasteiger partial charge in [-0.1, -0.05) is 13.8 Å². The summed E-state index contributed by atoms with van der Waals surface area (Å²) in [7, 11) is 0. The van der Waals surface area contributed by atoms with E-state index in [1.165, 1.54) is 6.42 Å². The van der Waals surface area contributed by atoms with Crippen molar-refractivity contribution < 1.29 is 5.11 Å². The van der Waals surface area contributed by atoms with Gasteiger partial charge in [-0.2, -0.15) is 11.8 Å². The molecule has 0 saturated carbocycles. The number of nitrogens with zero attached hydrogens (tertiary/aromatic N) is 1. The van der Waals surface area contributed by atoms with Crippen LogP contribution in [0.2, 0.25) is 0 Å². The van der Waals surface area contributed by atoms with Gasteiger partial charge in [0.15, 0.2) is 5.96 Å². The molecule has 120 valence electrons. The minimum atomic E-state index is -0.592. The van der Waals surface area contributed by atoms with Crippen LogP contribution in [-0.2, 0) is 0 Å². The summed E-state index contributed by atoms with van der Waals surface area (Å²) < 4.78 is 0. The van der Waals surface area contributed by atoms with E-state index < -0.39 is 5.60 Å². The normalized spacial score (nSPS) is 22.8. The van der Waals surface area contributed by atoms with Crippen LogP contribution in [0.1, 0.15) is 40.0 Å². The van der Waals surface area contributed by atoms with Gasteiger partial charge in [-0.15, -0.1) is 24.0 Å². The average Bonchev–Trinajstić information content (AvgIpc) is 2.78. The number of hydrogen-bond acceptors (Lipinski definition) is 3. The molecule has 1 atom stereocenters. The summed E-state index contributed by atoms with van der Waals surface area (Å²) in [4.78, 5) is 4.51. The van der Waals surface area contributed by atoms with E-state index in [4.69, 9.17) is 0 Å². The highest BCUT2D eigenvalue weighted by molar-refractivity contribution is 14.0. The topological polar surface area (TPSA) is 56.7 Å². The third kappa shape index (κ3) is 8.56. The van der Waals surface area contributed by atoms with E-state index in [0.717, 1.165) is 49.3 Å². The van der Waals surface area contributed by atoms with E-state index in [0.29, 0.717) is 6.54 Å². The van der Waals surface area contributed by atoms with Crippen molar-refractivity contribution in [2.75, 3.05) is 31.1 Å². The molecule has 0 spiro atoms. The summed E-state index contributed by atoms with van der Waals surface area (Å²) in [6.07, 6.45) is 3.24. The molecule has 0 radical (unpaired) electrons. The molecule has 0 bridgehead atoms. The number of aliphatic hydroxyl groups is 1. The van der Waals surface area contributed by atoms with E-state index in [1.54, 1.807) is 0 Å². The summed E-state index contributed by atoms with van der Waals surface area (Å²) in [5, 5.41) is 16.8. The maximum atomic E-state index is 10.3. The highest BCUT2D eigenvalue weighted by Crippen LogP contribution is 2.27. The molecule has 0 amide bonds. The third-order valence-electron chi connectivity index (χ3n) is 3.21. The number of thioether (sulfide) groups is 1. The van der Waals surface area contributed by atoms with Crippen LogP contribution in [-0.4, -0.2) is 47.8 Å². The number of hydrogen-bond donors (Lipinski definition) is 3. The van der Waals surface area contributed by atoms with E-state index >= 15 is 0 Å². The quantitative estimate of drug-likeness (QED) is 0.259. The molecule has 1 aliphatic rings. The lowest BCUT2D eigenvalue weighted by Crippen LogP contribution is -2.40. The lowest BCUT2D eigenvalue weighted by Gasteiger charge is -2.19. The third-order valence-corrected chi connectivity index (χ3v) is 4.44. The molecule has 1 aliphatic heterocycles. The molecule has 1 rings (SSSR count). The van der Waals surface area contributed by atoms with Crippen LogP contribution in [0.25, 0.3) is 0 Å². The second kappa shape index (κ2) is 11.0. The van der Waals surface area contributed by atoms with Gasteiger partial charge in [0.2, 0.25) is 0 Å². The largest absolute Gasteiger partial charge is 0.387 e. The van der Waals surface area contributed by atoms with Crippen LogP contribution in [0.4, 0.5) is 0 Å². The fourth-order valence-electron chi connectivity index (χ4n) is 2.01. The highest BCUT2D eigenvalue weighted by atomic mass is 127. The Morgan fingerprint density at radius 2 is 2.15 bits per heavy atom. The molecule has 1 unspecified atom stereocenters. The van der Waals surface area contributed by atoms with Crippen LogP contribution < -0.4 is 10.6 Å². The molecule has 0 aromatic heterocycles. The standard InChI is InChI=1S/C14H29N3OS.HI/c1-4-15-13(16-8-5-6-12(2)3)17-10-14(18)7-9-19-11-14;/h12,18H,4-11H2,1-3H3,(H2,15,16,17);1H. The highest BCUT2D eigenvalue weighted by Gasteiger charge is 2.31. The predicted octanol–water partition coefficient (Wildman–Crippen LogP) is 2.46. The Morgan fingerprint density at radius 3 is 2.70 bits per heavy atom. The Labute approximate surface area is 145 Å². The molecule has 0 aromatic carbocycles. The summed E-state index contributed by atoms with van der Waals surface area (Å²) >= 11 is 1.81. The Kier molecular flexibility index (Phi) is 11.1. The van der Waals surface area contributed by atoms with Crippen LogP contribution in [0, 0.1) is 5.92 Å². The Morgan fingerprint density at radius 1 is 1.40 bits per heavy atom. The van der Waals surface area contributed by atoms with Crippen molar-refractivity contribution in [1.82, 2.24) is 10.6 Å². The first-order valence-corrected chi connectivity index (χ1v) is 8.53. The fourth-order valence-corrected chi connectivity index (χ4v) is 3.29. The minimum absolute atomic E-state index is 0. The smallest absolute Gasteiger partial charge is 0.191 e. The molecule has 3 N–H and O–H groups in total. The zero-order valence-corrected chi connectivity index (χ0v) is 16.1. The van der Waals surface area contributed by atoms with Crippen molar-refractivity contribution in [1.29, 1.82) is 0 Å². The molecule has 0 aliphatic carbocycles. The van der Waals surface area contributed by atoms with Crippen LogP contribution in [0.15, 0.2) is 4.99 Å². The van der Waals surface area contributed by atoms with Crippen molar-refractivity contribution in [3.8, 4) is 0 Å². The molecule has 1 fully saturated rings. The van der Waals surface area contributed by atoms with Gasteiger partial charge in [-0.05, 0) is 37.9 Å². The van der Waals surface area contributed by atoms with Gasteiger partial charge >= 0.3 is 0 Å². The maximum Gasteiger partial charge on any atom is 0.191 e. The van der Waals surface area contributed by atoms with E-state index in [1.807, 2.05) is 11.8 Å². The SMILES string of the molecule is CCNC(=NCC1(O)CCSC1)NCCCC(C)C.I. The van der Waals surface area contributed by atoms with Gasteiger partial charge in [0, 0.05) is 18.8 Å². The molecule has 20 heavy (non-hydrogen) atoms. The molecule has 6 heteroatoms. The molecule has 4 nitrogen and oxygen atoms in total. The number of guanidine groups is 1. The summed E-state index contributed by atoms with van der Waals surface area (Å²) in [5.74, 6) is 3.43. The van der Waals surface area contributed by atoms with Gasteiger partial charge in [-0.3, -0.25) is 4.99 Å². The van der Waals surface area contributed by atoms with Gasteiger partial charge in [0.05, 0.1) is 12.1 Å². The van der Waals surface area contributed by atoms with Crippen molar-refractivity contribution in [3.05, 3.63) is 0 Å². The number of halogens is 1. The molecule has 1 heterocycles. The molecular formula is C14H30IN3OS.